The first-order valence-electron chi connectivity index (χ1n) is 6.52. The molecular weight excluding hydrogens is 264 g/mol. The summed E-state index contributed by atoms with van der Waals surface area (Å²) in [5, 5.41) is 3.71. The van der Waals surface area contributed by atoms with E-state index in [1.165, 1.54) is 6.26 Å². The van der Waals surface area contributed by atoms with Crippen LogP contribution in [0.25, 0.3) is 0 Å². The molecule has 1 aliphatic carbocycles. The smallest absolute Gasteiger partial charge is 0.169 e. The molecule has 0 spiro atoms. The van der Waals surface area contributed by atoms with E-state index in [4.69, 9.17) is 0 Å². The van der Waals surface area contributed by atoms with Crippen LogP contribution in [-0.2, 0) is 16.9 Å². The molecule has 0 bridgehead atoms. The van der Waals surface area contributed by atoms with Crippen LogP contribution in [0.5, 0.6) is 0 Å². The third kappa shape index (κ3) is 2.88. The number of sulfone groups is 1. The van der Waals surface area contributed by atoms with Gasteiger partial charge in [-0.05, 0) is 26.2 Å². The molecule has 1 aliphatic rings. The van der Waals surface area contributed by atoms with Gasteiger partial charge in [0.2, 0.25) is 0 Å². The summed E-state index contributed by atoms with van der Waals surface area (Å²) >= 11 is 0. The second-order valence-electron chi connectivity index (χ2n) is 5.45. The second kappa shape index (κ2) is 5.07. The van der Waals surface area contributed by atoms with E-state index in [0.29, 0.717) is 18.4 Å². The van der Waals surface area contributed by atoms with E-state index in [1.54, 1.807) is 17.9 Å². The van der Waals surface area contributed by atoms with E-state index in [2.05, 4.69) is 5.10 Å². The lowest BCUT2D eigenvalue weighted by atomic mass is 9.83. The number of hydrogen-bond donors (Lipinski definition) is 0. The number of aromatic nitrogens is 2. The zero-order valence-corrected chi connectivity index (χ0v) is 12.4. The maximum absolute atomic E-state index is 12.5. The van der Waals surface area contributed by atoms with Crippen LogP contribution in [0.3, 0.4) is 0 Å². The van der Waals surface area contributed by atoms with Crippen molar-refractivity contribution in [1.29, 1.82) is 0 Å². The Kier molecular flexibility index (Phi) is 3.80. The zero-order chi connectivity index (χ0) is 14.2. The third-order valence-electron chi connectivity index (χ3n) is 4.10. The van der Waals surface area contributed by atoms with Crippen LogP contribution in [0.1, 0.15) is 41.7 Å². The maximum atomic E-state index is 12.5. The minimum atomic E-state index is -3.05. The van der Waals surface area contributed by atoms with Gasteiger partial charge in [0.1, 0.15) is 9.84 Å². The summed E-state index contributed by atoms with van der Waals surface area (Å²) in [6.45, 7) is 1.86. The van der Waals surface area contributed by atoms with Gasteiger partial charge in [-0.15, -0.1) is 0 Å². The van der Waals surface area contributed by atoms with Crippen molar-refractivity contribution in [3.8, 4) is 0 Å². The lowest BCUT2D eigenvalue weighted by Gasteiger charge is -2.26. The molecule has 0 radical (unpaired) electrons. The summed E-state index contributed by atoms with van der Waals surface area (Å²) in [5.41, 5.74) is 1.47. The molecule has 106 valence electrons. The summed E-state index contributed by atoms with van der Waals surface area (Å²) in [7, 11) is -1.25. The largest absolute Gasteiger partial charge is 0.294 e. The molecule has 6 heteroatoms. The van der Waals surface area contributed by atoms with Gasteiger partial charge in [0.05, 0.1) is 17.0 Å². The number of Topliss-reactive ketones (excluding diaryl/α,β-unsaturated/α-hetero) is 1. The van der Waals surface area contributed by atoms with Gasteiger partial charge in [-0.1, -0.05) is 6.42 Å². The fourth-order valence-electron chi connectivity index (χ4n) is 2.73. The molecule has 2 atom stereocenters. The quantitative estimate of drug-likeness (QED) is 0.789. The average Bonchev–Trinajstić information content (AvgIpc) is 2.68. The SMILES string of the molecule is Cc1c(C(=O)C2CCCC(S(C)(=O)=O)C2)cnn1C. The highest BCUT2D eigenvalue weighted by molar-refractivity contribution is 7.91. The van der Waals surface area contributed by atoms with Crippen molar-refractivity contribution >= 4 is 15.6 Å². The van der Waals surface area contributed by atoms with Gasteiger partial charge < -0.3 is 0 Å². The summed E-state index contributed by atoms with van der Waals surface area (Å²) in [5.74, 6) is -0.143. The van der Waals surface area contributed by atoms with Crippen molar-refractivity contribution in [3.05, 3.63) is 17.5 Å². The predicted molar refractivity (Wildman–Crippen MR) is 72.9 cm³/mol. The van der Waals surface area contributed by atoms with Crippen LogP contribution in [-0.4, -0.2) is 35.5 Å². The monoisotopic (exact) mass is 284 g/mol. The zero-order valence-electron chi connectivity index (χ0n) is 11.6. The van der Waals surface area contributed by atoms with Crippen LogP contribution in [0, 0.1) is 12.8 Å². The highest BCUT2D eigenvalue weighted by atomic mass is 32.2. The van der Waals surface area contributed by atoms with Crippen molar-refractivity contribution in [1.82, 2.24) is 9.78 Å². The molecule has 1 aromatic heterocycles. The Balaban J connectivity index is 2.18. The minimum absolute atomic E-state index is 0.0407. The summed E-state index contributed by atoms with van der Waals surface area (Å²) in [6, 6.07) is 0. The van der Waals surface area contributed by atoms with Crippen LogP contribution in [0.15, 0.2) is 6.20 Å². The fourth-order valence-corrected chi connectivity index (χ4v) is 3.91. The number of aryl methyl sites for hydroxylation is 1. The Bertz CT molecular complexity index is 589. The average molecular weight is 284 g/mol. The van der Waals surface area contributed by atoms with Gasteiger partial charge >= 0.3 is 0 Å². The van der Waals surface area contributed by atoms with Crippen LogP contribution >= 0.6 is 0 Å². The molecule has 0 amide bonds. The molecule has 1 fully saturated rings. The van der Waals surface area contributed by atoms with Gasteiger partial charge in [-0.25, -0.2) is 8.42 Å². The lowest BCUT2D eigenvalue weighted by molar-refractivity contribution is 0.0890. The Morgan fingerprint density at radius 1 is 1.42 bits per heavy atom. The molecule has 0 aromatic carbocycles. The van der Waals surface area contributed by atoms with Gasteiger partial charge in [0.15, 0.2) is 5.78 Å². The summed E-state index contributed by atoms with van der Waals surface area (Å²) < 4.78 is 24.9. The Labute approximate surface area is 113 Å². The second-order valence-corrected chi connectivity index (χ2v) is 7.77. The molecule has 1 heterocycles. The predicted octanol–water partition coefficient (Wildman–Crippen LogP) is 1.51. The number of carbonyl (C=O) groups is 1. The van der Waals surface area contributed by atoms with Crippen molar-refractivity contribution in [2.45, 2.75) is 37.9 Å². The molecule has 0 N–H and O–H groups in total. The molecule has 1 aromatic rings. The molecule has 5 nitrogen and oxygen atoms in total. The van der Waals surface area contributed by atoms with Crippen molar-refractivity contribution in [2.24, 2.45) is 13.0 Å². The molecule has 1 saturated carbocycles. The number of nitrogens with zero attached hydrogens (tertiary/aromatic N) is 2. The minimum Gasteiger partial charge on any atom is -0.294 e. The lowest BCUT2D eigenvalue weighted by Crippen LogP contribution is -2.31. The van der Waals surface area contributed by atoms with Crippen molar-refractivity contribution < 1.29 is 13.2 Å². The normalized spacial score (nSPS) is 24.4. The fraction of sp³-hybridized carbons (Fsp3) is 0.692. The van der Waals surface area contributed by atoms with E-state index in [-0.39, 0.29) is 17.0 Å². The maximum Gasteiger partial charge on any atom is 0.169 e. The van der Waals surface area contributed by atoms with Gasteiger partial charge in [-0.2, -0.15) is 5.10 Å². The number of ketones is 1. The van der Waals surface area contributed by atoms with E-state index in [0.717, 1.165) is 18.5 Å². The Morgan fingerprint density at radius 3 is 2.63 bits per heavy atom. The molecule has 0 saturated heterocycles. The summed E-state index contributed by atoms with van der Waals surface area (Å²) in [6.07, 6.45) is 5.55. The first-order chi connectivity index (χ1) is 8.80. The first kappa shape index (κ1) is 14.2. The molecule has 2 rings (SSSR count). The van der Waals surface area contributed by atoms with Gasteiger partial charge in [0.25, 0.3) is 0 Å². The topological polar surface area (TPSA) is 69.0 Å². The third-order valence-corrected chi connectivity index (χ3v) is 5.74. The number of rotatable bonds is 3. The summed E-state index contributed by atoms with van der Waals surface area (Å²) in [4.78, 5) is 12.5. The van der Waals surface area contributed by atoms with Gasteiger partial charge in [-0.3, -0.25) is 9.48 Å². The van der Waals surface area contributed by atoms with E-state index in [9.17, 15) is 13.2 Å². The van der Waals surface area contributed by atoms with E-state index < -0.39 is 9.84 Å². The van der Waals surface area contributed by atoms with Crippen LogP contribution in [0.4, 0.5) is 0 Å². The van der Waals surface area contributed by atoms with E-state index >= 15 is 0 Å². The highest BCUT2D eigenvalue weighted by Crippen LogP contribution is 2.31. The van der Waals surface area contributed by atoms with Crippen molar-refractivity contribution in [3.63, 3.8) is 0 Å². The molecule has 0 aliphatic heterocycles. The van der Waals surface area contributed by atoms with E-state index in [1.807, 2.05) is 6.92 Å². The number of hydrogen-bond acceptors (Lipinski definition) is 4. The Morgan fingerprint density at radius 2 is 2.11 bits per heavy atom. The Hall–Kier alpha value is -1.17. The molecule has 19 heavy (non-hydrogen) atoms. The molecular formula is C13H20N2O3S. The van der Waals surface area contributed by atoms with Crippen LogP contribution < -0.4 is 0 Å². The van der Waals surface area contributed by atoms with Crippen molar-refractivity contribution in [2.75, 3.05) is 6.26 Å². The first-order valence-corrected chi connectivity index (χ1v) is 8.48. The molecule has 2 unspecified atom stereocenters. The number of carbonyl (C=O) groups excluding carboxylic acids is 1. The standard InChI is InChI=1S/C13H20N2O3S/c1-9-12(8-14-15(9)2)13(16)10-5-4-6-11(7-10)19(3,17)18/h8,10-11H,4-7H2,1-3H3. The highest BCUT2D eigenvalue weighted by Gasteiger charge is 2.33. The van der Waals surface area contributed by atoms with Gasteiger partial charge in [0, 0.05) is 24.9 Å². The van der Waals surface area contributed by atoms with Crippen LogP contribution in [0.2, 0.25) is 0 Å².